The minimum absolute atomic E-state index is 0.0300. The number of thiophene rings is 1. The van der Waals surface area contributed by atoms with Gasteiger partial charge in [0.1, 0.15) is 34.5 Å². The Labute approximate surface area is 189 Å². The maximum atomic E-state index is 14.3. The predicted molar refractivity (Wildman–Crippen MR) is 124 cm³/mol. The number of phenols is 1. The van der Waals surface area contributed by atoms with Gasteiger partial charge in [0.25, 0.3) is 0 Å². The summed E-state index contributed by atoms with van der Waals surface area (Å²) in [5.74, 6) is 0.565. The van der Waals surface area contributed by atoms with Gasteiger partial charge in [0, 0.05) is 16.6 Å². The molecule has 0 bridgehead atoms. The summed E-state index contributed by atoms with van der Waals surface area (Å²) in [6.07, 6.45) is 0. The van der Waals surface area contributed by atoms with Crippen molar-refractivity contribution in [2.45, 2.75) is 6.92 Å². The van der Waals surface area contributed by atoms with Gasteiger partial charge in [-0.15, -0.1) is 11.3 Å². The first kappa shape index (κ1) is 21.8. The van der Waals surface area contributed by atoms with Crippen LogP contribution in [0.3, 0.4) is 0 Å². The van der Waals surface area contributed by atoms with Gasteiger partial charge in [-0.2, -0.15) is 0 Å². The molecular weight excluding hydrogens is 429 g/mol. The highest BCUT2D eigenvalue weighted by molar-refractivity contribution is 7.21. The highest BCUT2D eigenvalue weighted by Gasteiger charge is 2.24. The number of ketones is 1. The lowest BCUT2D eigenvalue weighted by molar-refractivity contribution is 0.103. The standard InChI is InChI=1S/C25H22FNO4S/c1-2-27-13-14-30-17-8-10-18(11-9-17)31-24-20-12-7-16(28)15-22(20)32-25(24)23(29)19-5-3-4-6-21(19)26/h3-12,15,27-28H,2,13-14H2,1H3. The van der Waals surface area contributed by atoms with E-state index in [9.17, 15) is 14.3 Å². The molecule has 1 heterocycles. The van der Waals surface area contributed by atoms with Crippen molar-refractivity contribution in [2.24, 2.45) is 0 Å². The van der Waals surface area contributed by atoms with Crippen LogP contribution >= 0.6 is 11.3 Å². The number of phenolic OH excluding ortho intramolecular Hbond substituents is 1. The van der Waals surface area contributed by atoms with Crippen molar-refractivity contribution in [3.05, 3.63) is 83.0 Å². The third kappa shape index (κ3) is 4.74. The van der Waals surface area contributed by atoms with E-state index in [-0.39, 0.29) is 16.2 Å². The fraction of sp³-hybridized carbons (Fsp3) is 0.160. The number of carbonyl (C=O) groups is 1. The topological polar surface area (TPSA) is 67.8 Å². The smallest absolute Gasteiger partial charge is 0.209 e. The summed E-state index contributed by atoms with van der Waals surface area (Å²) in [5.41, 5.74) is -0.0300. The third-order valence-corrected chi connectivity index (χ3v) is 5.93. The first-order valence-corrected chi connectivity index (χ1v) is 11.0. The second kappa shape index (κ2) is 9.80. The SMILES string of the molecule is CCNCCOc1ccc(Oc2c(C(=O)c3ccccc3F)sc3cc(O)ccc23)cc1. The number of hydrogen-bond acceptors (Lipinski definition) is 6. The second-order valence-corrected chi connectivity index (χ2v) is 8.08. The van der Waals surface area contributed by atoms with Gasteiger partial charge in [-0.1, -0.05) is 19.1 Å². The van der Waals surface area contributed by atoms with E-state index < -0.39 is 11.6 Å². The summed E-state index contributed by atoms with van der Waals surface area (Å²) in [7, 11) is 0. The van der Waals surface area contributed by atoms with Crippen LogP contribution in [0.5, 0.6) is 23.0 Å². The molecule has 3 aromatic carbocycles. The van der Waals surface area contributed by atoms with Crippen LogP contribution in [-0.4, -0.2) is 30.6 Å². The number of fused-ring (bicyclic) bond motifs is 1. The summed E-state index contributed by atoms with van der Waals surface area (Å²) in [5, 5.41) is 13.7. The molecule has 0 aliphatic carbocycles. The molecule has 4 rings (SSSR count). The van der Waals surface area contributed by atoms with E-state index in [0.29, 0.717) is 33.9 Å². The van der Waals surface area contributed by atoms with Crippen molar-refractivity contribution in [1.29, 1.82) is 0 Å². The van der Waals surface area contributed by atoms with Crippen LogP contribution in [0.15, 0.2) is 66.7 Å². The number of nitrogens with one attached hydrogen (secondary N) is 1. The fourth-order valence-electron chi connectivity index (χ4n) is 3.22. The predicted octanol–water partition coefficient (Wildman–Crippen LogP) is 5.76. The highest BCUT2D eigenvalue weighted by atomic mass is 32.1. The van der Waals surface area contributed by atoms with E-state index in [2.05, 4.69) is 5.32 Å². The molecule has 0 saturated carbocycles. The molecule has 0 saturated heterocycles. The van der Waals surface area contributed by atoms with Gasteiger partial charge >= 0.3 is 0 Å². The fourth-order valence-corrected chi connectivity index (χ4v) is 4.34. The Balaban J connectivity index is 1.65. The largest absolute Gasteiger partial charge is 0.508 e. The molecule has 5 nitrogen and oxygen atoms in total. The number of likely N-dealkylation sites (N-methyl/N-ethyl adjacent to an activating group) is 1. The second-order valence-electron chi connectivity index (χ2n) is 7.03. The van der Waals surface area contributed by atoms with Gasteiger partial charge in [-0.3, -0.25) is 4.79 Å². The lowest BCUT2D eigenvalue weighted by atomic mass is 10.1. The van der Waals surface area contributed by atoms with Gasteiger partial charge in [-0.05, 0) is 61.1 Å². The van der Waals surface area contributed by atoms with Crippen LogP contribution in [0.4, 0.5) is 4.39 Å². The molecule has 0 aliphatic rings. The zero-order valence-corrected chi connectivity index (χ0v) is 18.2. The summed E-state index contributed by atoms with van der Waals surface area (Å²) in [6.45, 7) is 4.22. The van der Waals surface area contributed by atoms with E-state index >= 15 is 0 Å². The quantitative estimate of drug-likeness (QED) is 0.250. The van der Waals surface area contributed by atoms with Crippen LogP contribution in [0.2, 0.25) is 0 Å². The van der Waals surface area contributed by atoms with Crippen molar-refractivity contribution in [1.82, 2.24) is 5.32 Å². The molecule has 4 aromatic rings. The van der Waals surface area contributed by atoms with Crippen LogP contribution in [0.25, 0.3) is 10.1 Å². The van der Waals surface area contributed by atoms with Crippen LogP contribution in [0, 0.1) is 5.82 Å². The number of halogens is 1. The van der Waals surface area contributed by atoms with E-state index in [1.807, 2.05) is 6.92 Å². The van der Waals surface area contributed by atoms with E-state index in [1.165, 1.54) is 24.3 Å². The Kier molecular flexibility index (Phi) is 6.68. The molecule has 0 unspecified atom stereocenters. The molecule has 0 radical (unpaired) electrons. The van der Waals surface area contributed by atoms with Crippen molar-refractivity contribution in [3.8, 4) is 23.0 Å². The minimum atomic E-state index is -0.595. The third-order valence-electron chi connectivity index (χ3n) is 4.79. The minimum Gasteiger partial charge on any atom is -0.508 e. The first-order chi connectivity index (χ1) is 15.6. The van der Waals surface area contributed by atoms with E-state index in [4.69, 9.17) is 9.47 Å². The summed E-state index contributed by atoms with van der Waals surface area (Å²) in [6, 6.07) is 17.7. The number of benzene rings is 3. The van der Waals surface area contributed by atoms with Crippen LogP contribution in [-0.2, 0) is 0 Å². The molecule has 0 atom stereocenters. The number of aromatic hydroxyl groups is 1. The normalized spacial score (nSPS) is 10.9. The Bertz CT molecular complexity index is 1240. The lowest BCUT2D eigenvalue weighted by Crippen LogP contribution is -2.20. The van der Waals surface area contributed by atoms with Crippen molar-refractivity contribution in [3.63, 3.8) is 0 Å². The molecule has 0 aliphatic heterocycles. The average Bonchev–Trinajstić information content (AvgIpc) is 3.15. The maximum Gasteiger partial charge on any atom is 0.209 e. The lowest BCUT2D eigenvalue weighted by Gasteiger charge is -2.10. The van der Waals surface area contributed by atoms with Crippen LogP contribution < -0.4 is 14.8 Å². The summed E-state index contributed by atoms with van der Waals surface area (Å²) in [4.78, 5) is 13.4. The first-order valence-electron chi connectivity index (χ1n) is 10.2. The van der Waals surface area contributed by atoms with Gasteiger partial charge in [0.2, 0.25) is 5.78 Å². The Morgan fingerprint density at radius 2 is 1.81 bits per heavy atom. The summed E-state index contributed by atoms with van der Waals surface area (Å²) >= 11 is 1.15. The molecule has 32 heavy (non-hydrogen) atoms. The number of ether oxygens (including phenoxy) is 2. The number of carbonyl (C=O) groups excluding carboxylic acids is 1. The Hall–Kier alpha value is -3.42. The molecular formula is C25H22FNO4S. The summed E-state index contributed by atoms with van der Waals surface area (Å²) < 4.78 is 26.7. The highest BCUT2D eigenvalue weighted by Crippen LogP contribution is 2.43. The molecule has 0 amide bonds. The molecule has 0 spiro atoms. The van der Waals surface area contributed by atoms with Crippen LogP contribution in [0.1, 0.15) is 22.2 Å². The van der Waals surface area contributed by atoms with Gasteiger partial charge < -0.3 is 19.9 Å². The van der Waals surface area contributed by atoms with E-state index in [1.54, 1.807) is 42.5 Å². The zero-order valence-electron chi connectivity index (χ0n) is 17.4. The molecule has 2 N–H and O–H groups in total. The van der Waals surface area contributed by atoms with Gasteiger partial charge in [0.05, 0.1) is 5.56 Å². The monoisotopic (exact) mass is 451 g/mol. The van der Waals surface area contributed by atoms with Gasteiger partial charge in [0.15, 0.2) is 5.75 Å². The zero-order chi connectivity index (χ0) is 22.5. The van der Waals surface area contributed by atoms with E-state index in [0.717, 1.165) is 24.4 Å². The van der Waals surface area contributed by atoms with Crippen molar-refractivity contribution < 1.29 is 23.8 Å². The molecule has 1 aromatic heterocycles. The van der Waals surface area contributed by atoms with Crippen molar-refractivity contribution in [2.75, 3.05) is 19.7 Å². The molecule has 7 heteroatoms. The molecule has 0 fully saturated rings. The maximum absolute atomic E-state index is 14.3. The molecule has 164 valence electrons. The average molecular weight is 452 g/mol. The number of hydrogen-bond donors (Lipinski definition) is 2. The Morgan fingerprint density at radius 3 is 2.56 bits per heavy atom. The van der Waals surface area contributed by atoms with Gasteiger partial charge in [-0.25, -0.2) is 4.39 Å². The Morgan fingerprint density at radius 1 is 1.06 bits per heavy atom. The van der Waals surface area contributed by atoms with Crippen molar-refractivity contribution >= 4 is 27.2 Å². The number of rotatable bonds is 9.